The third-order valence-corrected chi connectivity index (χ3v) is 6.93. The number of nitrogens with zero attached hydrogens (tertiary/aromatic N) is 4. The number of alkyl halides is 3. The smallest absolute Gasteiger partial charge is 0.376 e. The molecule has 12 heteroatoms. The van der Waals surface area contributed by atoms with Crippen LogP contribution in [0.1, 0.15) is 17.5 Å². The molecule has 2 aliphatic rings. The van der Waals surface area contributed by atoms with Crippen molar-refractivity contribution in [2.75, 3.05) is 13.1 Å². The van der Waals surface area contributed by atoms with E-state index in [-0.39, 0.29) is 5.96 Å². The predicted octanol–water partition coefficient (Wildman–Crippen LogP) is 3.65. The average Bonchev–Trinajstić information content (AvgIpc) is 3.17. The second-order valence-electron chi connectivity index (χ2n) is 8.22. The Hall–Kier alpha value is -3.93. The van der Waals surface area contributed by atoms with Gasteiger partial charge in [-0.05, 0) is 52.9 Å². The summed E-state index contributed by atoms with van der Waals surface area (Å²) in [5.41, 5.74) is 2.07. The molecule has 3 heterocycles. The molecule has 0 fully saturated rings. The molecule has 0 saturated heterocycles. The Labute approximate surface area is 205 Å². The van der Waals surface area contributed by atoms with Gasteiger partial charge in [0, 0.05) is 25.5 Å². The minimum Gasteiger partial charge on any atom is -0.376 e. The quantitative estimate of drug-likeness (QED) is 0.410. The van der Waals surface area contributed by atoms with Crippen LogP contribution in [0.15, 0.2) is 83.0 Å². The highest BCUT2D eigenvalue weighted by Crippen LogP contribution is 2.43. The molecule has 0 spiro atoms. The monoisotopic (exact) mass is 515 g/mol. The molecule has 0 amide bonds. The van der Waals surface area contributed by atoms with Gasteiger partial charge >= 0.3 is 15.6 Å². The number of hydrogen-bond acceptors (Lipinski definition) is 8. The van der Waals surface area contributed by atoms with Crippen molar-refractivity contribution in [3.8, 4) is 16.9 Å². The van der Waals surface area contributed by atoms with Crippen LogP contribution in [-0.4, -0.2) is 48.7 Å². The number of aliphatic imine (C=N–C) groups is 2. The average molecular weight is 516 g/mol. The van der Waals surface area contributed by atoms with Crippen molar-refractivity contribution < 1.29 is 25.8 Å². The highest BCUT2D eigenvalue weighted by Gasteiger charge is 2.51. The molecule has 1 aromatic heterocycles. The van der Waals surface area contributed by atoms with Crippen molar-refractivity contribution in [1.82, 2.24) is 9.88 Å². The number of pyridine rings is 1. The van der Waals surface area contributed by atoms with E-state index in [1.54, 1.807) is 29.4 Å². The van der Waals surface area contributed by atoms with Gasteiger partial charge in [-0.15, -0.1) is 0 Å². The van der Waals surface area contributed by atoms with Gasteiger partial charge in [0.2, 0.25) is 0 Å². The minimum atomic E-state index is -5.86. The molecule has 0 saturated carbocycles. The summed E-state index contributed by atoms with van der Waals surface area (Å²) < 4.78 is 66.6. The van der Waals surface area contributed by atoms with Gasteiger partial charge in [0.15, 0.2) is 11.5 Å². The number of halogens is 3. The molecule has 0 aliphatic carbocycles. The SMILES string of the molecule is NC1=NC(c2cccc(OS(=O)(=O)C(F)(F)F)c2)(c2cccc(-c3cccnc3)c2)C2=NCCCN12. The normalized spacial score (nSPS) is 19.9. The van der Waals surface area contributed by atoms with E-state index < -0.39 is 26.9 Å². The van der Waals surface area contributed by atoms with Crippen LogP contribution < -0.4 is 9.92 Å². The Morgan fingerprint density at radius 2 is 1.72 bits per heavy atom. The van der Waals surface area contributed by atoms with Crippen LogP contribution in [-0.2, 0) is 15.7 Å². The molecule has 0 radical (unpaired) electrons. The van der Waals surface area contributed by atoms with Crippen LogP contribution in [0.4, 0.5) is 13.2 Å². The van der Waals surface area contributed by atoms with Crippen molar-refractivity contribution in [2.45, 2.75) is 17.5 Å². The molecule has 8 nitrogen and oxygen atoms in total. The zero-order valence-corrected chi connectivity index (χ0v) is 19.5. The number of rotatable bonds is 5. The van der Waals surface area contributed by atoms with Crippen molar-refractivity contribution in [1.29, 1.82) is 0 Å². The summed E-state index contributed by atoms with van der Waals surface area (Å²) in [6, 6.07) is 16.5. The predicted molar refractivity (Wildman–Crippen MR) is 128 cm³/mol. The van der Waals surface area contributed by atoms with Crippen LogP contribution in [0, 0.1) is 0 Å². The largest absolute Gasteiger partial charge is 0.534 e. The summed E-state index contributed by atoms with van der Waals surface area (Å²) in [5, 5.41) is 0. The molecule has 186 valence electrons. The zero-order chi connectivity index (χ0) is 25.6. The van der Waals surface area contributed by atoms with E-state index in [1.807, 2.05) is 30.3 Å². The van der Waals surface area contributed by atoms with Gasteiger partial charge in [-0.1, -0.05) is 36.4 Å². The van der Waals surface area contributed by atoms with E-state index in [0.717, 1.165) is 23.6 Å². The summed E-state index contributed by atoms with van der Waals surface area (Å²) in [6.07, 6.45) is 4.11. The summed E-state index contributed by atoms with van der Waals surface area (Å²) in [7, 11) is -5.86. The number of nitrogens with two attached hydrogens (primary N) is 1. The summed E-state index contributed by atoms with van der Waals surface area (Å²) >= 11 is 0. The first-order valence-corrected chi connectivity index (χ1v) is 12.3. The Morgan fingerprint density at radius 3 is 2.44 bits per heavy atom. The number of benzene rings is 2. The maximum absolute atomic E-state index is 13.0. The van der Waals surface area contributed by atoms with Crippen LogP contribution in [0.2, 0.25) is 0 Å². The fraction of sp³-hybridized carbons (Fsp3) is 0.208. The van der Waals surface area contributed by atoms with E-state index in [1.165, 1.54) is 12.1 Å². The van der Waals surface area contributed by atoms with Gasteiger partial charge in [0.1, 0.15) is 11.6 Å². The van der Waals surface area contributed by atoms with E-state index in [4.69, 9.17) is 15.7 Å². The summed E-state index contributed by atoms with van der Waals surface area (Å²) in [5.74, 6) is 0.205. The maximum Gasteiger partial charge on any atom is 0.534 e. The zero-order valence-electron chi connectivity index (χ0n) is 18.7. The van der Waals surface area contributed by atoms with Crippen LogP contribution >= 0.6 is 0 Å². The fourth-order valence-electron chi connectivity index (χ4n) is 4.38. The lowest BCUT2D eigenvalue weighted by Crippen LogP contribution is -2.46. The molecular weight excluding hydrogens is 495 g/mol. The number of guanidine groups is 1. The van der Waals surface area contributed by atoms with Crippen LogP contribution in [0.3, 0.4) is 0 Å². The summed E-state index contributed by atoms with van der Waals surface area (Å²) in [4.78, 5) is 15.4. The Balaban J connectivity index is 1.70. The molecule has 2 N–H and O–H groups in total. The van der Waals surface area contributed by atoms with E-state index in [0.29, 0.717) is 30.1 Å². The second kappa shape index (κ2) is 8.63. The minimum absolute atomic E-state index is 0.203. The number of fused-ring (bicyclic) bond motifs is 1. The van der Waals surface area contributed by atoms with Gasteiger partial charge in [0.05, 0.1) is 0 Å². The molecule has 1 unspecified atom stereocenters. The van der Waals surface area contributed by atoms with Gasteiger partial charge < -0.3 is 9.92 Å². The molecule has 36 heavy (non-hydrogen) atoms. The van der Waals surface area contributed by atoms with Crippen molar-refractivity contribution >= 4 is 21.9 Å². The van der Waals surface area contributed by atoms with Gasteiger partial charge in [-0.3, -0.25) is 14.9 Å². The van der Waals surface area contributed by atoms with Crippen LogP contribution in [0.25, 0.3) is 11.1 Å². The fourth-order valence-corrected chi connectivity index (χ4v) is 4.83. The van der Waals surface area contributed by atoms with Gasteiger partial charge in [0.25, 0.3) is 0 Å². The van der Waals surface area contributed by atoms with Crippen molar-refractivity contribution in [3.05, 3.63) is 84.2 Å². The van der Waals surface area contributed by atoms with E-state index in [9.17, 15) is 21.6 Å². The lowest BCUT2D eigenvalue weighted by molar-refractivity contribution is -0.0500. The summed E-state index contributed by atoms with van der Waals surface area (Å²) in [6.45, 7) is 1.08. The van der Waals surface area contributed by atoms with E-state index in [2.05, 4.69) is 9.17 Å². The highest BCUT2D eigenvalue weighted by atomic mass is 32.2. The highest BCUT2D eigenvalue weighted by molar-refractivity contribution is 7.88. The Kier molecular flexibility index (Phi) is 5.70. The first-order valence-electron chi connectivity index (χ1n) is 10.9. The maximum atomic E-state index is 13.0. The lowest BCUT2D eigenvalue weighted by atomic mass is 9.81. The number of amidine groups is 1. The third kappa shape index (κ3) is 3.96. The Morgan fingerprint density at radius 1 is 1.00 bits per heavy atom. The van der Waals surface area contributed by atoms with Gasteiger partial charge in [-0.25, -0.2) is 4.99 Å². The molecule has 3 aromatic rings. The van der Waals surface area contributed by atoms with Crippen molar-refractivity contribution in [2.24, 2.45) is 15.7 Å². The van der Waals surface area contributed by atoms with E-state index >= 15 is 0 Å². The standard InChI is InChI=1S/C24H20F3N5O3S/c25-24(26,27)36(33,34)35-20-9-2-8-19(14-20)23(21-30-11-4-12-32(21)22(28)31-23)18-7-1-5-16(13-18)17-6-3-10-29-15-17/h1-3,5-10,13-15H,4,11-12H2,(H2,28,31). The number of hydrogen-bond donors (Lipinski definition) is 1. The molecule has 1 atom stereocenters. The molecular formula is C24H20F3N5O3S. The van der Waals surface area contributed by atoms with Crippen molar-refractivity contribution in [3.63, 3.8) is 0 Å². The van der Waals surface area contributed by atoms with Crippen LogP contribution in [0.5, 0.6) is 5.75 Å². The Bertz CT molecular complexity index is 1480. The number of aromatic nitrogens is 1. The second-order valence-corrected chi connectivity index (χ2v) is 9.76. The topological polar surface area (TPSA) is 110 Å². The molecule has 5 rings (SSSR count). The lowest BCUT2D eigenvalue weighted by Gasteiger charge is -2.33. The third-order valence-electron chi connectivity index (χ3n) is 5.96. The molecule has 2 aromatic carbocycles. The molecule has 0 bridgehead atoms. The first kappa shape index (κ1) is 23.8. The first-order chi connectivity index (χ1) is 17.1. The van der Waals surface area contributed by atoms with Gasteiger partial charge in [-0.2, -0.15) is 21.6 Å². The molecule has 2 aliphatic heterocycles.